The molecule has 0 aromatic heterocycles. The zero-order chi connectivity index (χ0) is 13.5. The van der Waals surface area contributed by atoms with Crippen LogP contribution >= 0.6 is 11.6 Å². The van der Waals surface area contributed by atoms with E-state index in [1.165, 1.54) is 0 Å². The second-order valence-corrected chi connectivity index (χ2v) is 4.27. The third-order valence-electron chi connectivity index (χ3n) is 2.13. The van der Waals surface area contributed by atoms with E-state index in [-0.39, 0.29) is 11.9 Å². The number of hydrogen-bond donors (Lipinski definition) is 2. The molecule has 0 saturated carbocycles. The fourth-order valence-corrected chi connectivity index (χ4v) is 1.62. The van der Waals surface area contributed by atoms with Crippen molar-refractivity contribution in [1.29, 1.82) is 0 Å². The van der Waals surface area contributed by atoms with Gasteiger partial charge in [0.15, 0.2) is 5.84 Å². The molecule has 0 saturated heterocycles. The van der Waals surface area contributed by atoms with Crippen LogP contribution in [0.4, 0.5) is 0 Å². The Morgan fingerprint density at radius 2 is 2.17 bits per heavy atom. The topological polar surface area (TPSA) is 77.1 Å². The summed E-state index contributed by atoms with van der Waals surface area (Å²) in [6, 6.07) is 5.08. The van der Waals surface area contributed by atoms with Crippen molar-refractivity contribution < 1.29 is 14.7 Å². The van der Waals surface area contributed by atoms with Crippen molar-refractivity contribution >= 4 is 17.4 Å². The molecule has 6 heteroatoms. The standard InChI is InChI=1S/C12H17ClN2O3/c1-8(2)17-6-7-18-10-5-3-4-9(13)11(10)12(14)15-16/h3-5,8,16H,6-7H2,1-2H3,(H2,14,15). The van der Waals surface area contributed by atoms with E-state index in [0.717, 1.165) is 0 Å². The van der Waals surface area contributed by atoms with Crippen molar-refractivity contribution in [3.8, 4) is 5.75 Å². The number of oxime groups is 1. The van der Waals surface area contributed by atoms with Crippen molar-refractivity contribution in [3.63, 3.8) is 0 Å². The second-order valence-electron chi connectivity index (χ2n) is 3.87. The number of nitrogens with two attached hydrogens (primary N) is 1. The van der Waals surface area contributed by atoms with E-state index in [9.17, 15) is 0 Å². The first-order valence-corrected chi connectivity index (χ1v) is 5.95. The summed E-state index contributed by atoms with van der Waals surface area (Å²) >= 11 is 5.98. The highest BCUT2D eigenvalue weighted by Gasteiger charge is 2.12. The van der Waals surface area contributed by atoms with E-state index in [4.69, 9.17) is 32.0 Å². The highest BCUT2D eigenvalue weighted by atomic mass is 35.5. The molecule has 0 aliphatic heterocycles. The van der Waals surface area contributed by atoms with E-state index in [1.807, 2.05) is 13.8 Å². The summed E-state index contributed by atoms with van der Waals surface area (Å²) in [7, 11) is 0. The lowest BCUT2D eigenvalue weighted by molar-refractivity contribution is 0.0552. The number of nitrogens with zero attached hydrogens (tertiary/aromatic N) is 1. The molecule has 0 aliphatic carbocycles. The van der Waals surface area contributed by atoms with Gasteiger partial charge in [-0.15, -0.1) is 0 Å². The Balaban J connectivity index is 2.73. The zero-order valence-electron chi connectivity index (χ0n) is 10.4. The van der Waals surface area contributed by atoms with E-state index >= 15 is 0 Å². The van der Waals surface area contributed by atoms with Crippen LogP contribution in [0.15, 0.2) is 23.4 Å². The molecule has 0 atom stereocenters. The van der Waals surface area contributed by atoms with Gasteiger partial charge in [-0.2, -0.15) is 0 Å². The second kappa shape index (κ2) is 7.08. The Bertz CT molecular complexity index is 422. The van der Waals surface area contributed by atoms with E-state index in [2.05, 4.69) is 5.16 Å². The van der Waals surface area contributed by atoms with E-state index in [1.54, 1.807) is 18.2 Å². The van der Waals surface area contributed by atoms with Crippen molar-refractivity contribution in [1.82, 2.24) is 0 Å². The molecule has 5 nitrogen and oxygen atoms in total. The van der Waals surface area contributed by atoms with Crippen molar-refractivity contribution in [2.75, 3.05) is 13.2 Å². The van der Waals surface area contributed by atoms with Gasteiger partial charge in [-0.05, 0) is 26.0 Å². The van der Waals surface area contributed by atoms with Crippen LogP contribution < -0.4 is 10.5 Å². The third-order valence-corrected chi connectivity index (χ3v) is 2.45. The highest BCUT2D eigenvalue weighted by Crippen LogP contribution is 2.26. The van der Waals surface area contributed by atoms with Gasteiger partial charge in [-0.25, -0.2) is 0 Å². The molecule has 18 heavy (non-hydrogen) atoms. The molecule has 1 aromatic rings. The predicted octanol–water partition coefficient (Wildman–Crippen LogP) is 2.24. The largest absolute Gasteiger partial charge is 0.490 e. The molecule has 1 aromatic carbocycles. The lowest BCUT2D eigenvalue weighted by Gasteiger charge is -2.13. The minimum atomic E-state index is -0.0830. The molecule has 100 valence electrons. The Morgan fingerprint density at radius 3 is 2.78 bits per heavy atom. The molecule has 0 radical (unpaired) electrons. The van der Waals surface area contributed by atoms with Crippen molar-refractivity contribution in [2.45, 2.75) is 20.0 Å². The smallest absolute Gasteiger partial charge is 0.175 e. The maximum absolute atomic E-state index is 8.71. The minimum Gasteiger partial charge on any atom is -0.490 e. The summed E-state index contributed by atoms with van der Waals surface area (Å²) in [5.41, 5.74) is 5.93. The SMILES string of the molecule is CC(C)OCCOc1cccc(Cl)c1C(N)=NO. The zero-order valence-corrected chi connectivity index (χ0v) is 11.1. The number of ether oxygens (including phenoxy) is 2. The third kappa shape index (κ3) is 4.09. The average molecular weight is 273 g/mol. The Kier molecular flexibility index (Phi) is 5.74. The number of hydrogen-bond acceptors (Lipinski definition) is 4. The van der Waals surface area contributed by atoms with Gasteiger partial charge < -0.3 is 20.4 Å². The number of halogens is 1. The Labute approximate surface area is 111 Å². The molecule has 0 spiro atoms. The molecule has 0 bridgehead atoms. The van der Waals surface area contributed by atoms with Gasteiger partial charge in [0.05, 0.1) is 23.3 Å². The van der Waals surface area contributed by atoms with Crippen LogP contribution in [-0.4, -0.2) is 30.4 Å². The summed E-state index contributed by atoms with van der Waals surface area (Å²) < 4.78 is 10.9. The highest BCUT2D eigenvalue weighted by molar-refractivity contribution is 6.34. The maximum Gasteiger partial charge on any atom is 0.175 e. The molecular weight excluding hydrogens is 256 g/mol. The van der Waals surface area contributed by atoms with Crippen LogP contribution in [0.25, 0.3) is 0 Å². The Hall–Kier alpha value is -1.46. The van der Waals surface area contributed by atoms with Gasteiger partial charge in [0.2, 0.25) is 0 Å². The molecule has 0 heterocycles. The molecule has 3 N–H and O–H groups in total. The summed E-state index contributed by atoms with van der Waals surface area (Å²) in [5.74, 6) is 0.380. The summed E-state index contributed by atoms with van der Waals surface area (Å²) in [6.45, 7) is 4.71. The van der Waals surface area contributed by atoms with Crippen LogP contribution in [0.5, 0.6) is 5.75 Å². The first-order chi connectivity index (χ1) is 8.56. The lowest BCUT2D eigenvalue weighted by Crippen LogP contribution is -2.17. The first-order valence-electron chi connectivity index (χ1n) is 5.57. The number of amidine groups is 1. The fraction of sp³-hybridized carbons (Fsp3) is 0.417. The molecule has 0 fully saturated rings. The quantitative estimate of drug-likeness (QED) is 0.274. The van der Waals surface area contributed by atoms with Crippen LogP contribution in [0.3, 0.4) is 0 Å². The van der Waals surface area contributed by atoms with Crippen molar-refractivity contribution in [2.24, 2.45) is 10.9 Å². The molecule has 0 aliphatic rings. The summed E-state index contributed by atoms with van der Waals surface area (Å²) in [6.07, 6.45) is 0.150. The Morgan fingerprint density at radius 1 is 1.44 bits per heavy atom. The van der Waals surface area contributed by atoms with Gasteiger partial charge >= 0.3 is 0 Å². The monoisotopic (exact) mass is 272 g/mol. The lowest BCUT2D eigenvalue weighted by atomic mass is 10.2. The van der Waals surface area contributed by atoms with Gasteiger partial charge in [0.1, 0.15) is 12.4 Å². The van der Waals surface area contributed by atoms with Gasteiger partial charge in [-0.3, -0.25) is 0 Å². The first kappa shape index (κ1) is 14.6. The van der Waals surface area contributed by atoms with Gasteiger partial charge in [-0.1, -0.05) is 22.8 Å². The van der Waals surface area contributed by atoms with Gasteiger partial charge in [0, 0.05) is 0 Å². The average Bonchev–Trinajstić information content (AvgIpc) is 2.33. The van der Waals surface area contributed by atoms with Crippen LogP contribution in [0, 0.1) is 0 Å². The molecule has 1 rings (SSSR count). The predicted molar refractivity (Wildman–Crippen MR) is 70.5 cm³/mol. The number of benzene rings is 1. The number of rotatable bonds is 6. The van der Waals surface area contributed by atoms with E-state index in [0.29, 0.717) is 29.5 Å². The summed E-state index contributed by atoms with van der Waals surface area (Å²) in [5, 5.41) is 12.0. The normalized spacial score (nSPS) is 11.9. The molecule has 0 amide bonds. The molecule has 0 unspecified atom stereocenters. The van der Waals surface area contributed by atoms with E-state index < -0.39 is 0 Å². The minimum absolute atomic E-state index is 0.0830. The van der Waals surface area contributed by atoms with Crippen LogP contribution in [-0.2, 0) is 4.74 Å². The van der Waals surface area contributed by atoms with Crippen LogP contribution in [0.2, 0.25) is 5.02 Å². The molecular formula is C12H17ClN2O3. The fourth-order valence-electron chi connectivity index (χ4n) is 1.36. The van der Waals surface area contributed by atoms with Crippen LogP contribution in [0.1, 0.15) is 19.4 Å². The van der Waals surface area contributed by atoms with Gasteiger partial charge in [0.25, 0.3) is 0 Å². The van der Waals surface area contributed by atoms with Crippen molar-refractivity contribution in [3.05, 3.63) is 28.8 Å². The maximum atomic E-state index is 8.71. The summed E-state index contributed by atoms with van der Waals surface area (Å²) in [4.78, 5) is 0.